The Bertz CT molecular complexity index is 1060. The van der Waals surface area contributed by atoms with Crippen LogP contribution in [-0.2, 0) is 4.74 Å². The van der Waals surface area contributed by atoms with Crippen LogP contribution < -0.4 is 10.1 Å². The van der Waals surface area contributed by atoms with Crippen molar-refractivity contribution in [2.75, 3.05) is 26.2 Å². The van der Waals surface area contributed by atoms with Gasteiger partial charge in [0.25, 0.3) is 5.91 Å². The number of hydrogen-bond acceptors (Lipinski definition) is 8. The Morgan fingerprint density at radius 3 is 2.46 bits per heavy atom. The summed E-state index contributed by atoms with van der Waals surface area (Å²) in [5.74, 6) is -1.33. The molecule has 1 saturated heterocycles. The maximum Gasteiger partial charge on any atom is 0.408 e. The van der Waals surface area contributed by atoms with E-state index in [0.29, 0.717) is 26.2 Å². The molecule has 1 aliphatic rings. The predicted molar refractivity (Wildman–Crippen MR) is 121 cm³/mol. The van der Waals surface area contributed by atoms with Crippen LogP contribution in [0.25, 0.3) is 11.5 Å². The number of oxazole rings is 1. The highest BCUT2D eigenvalue weighted by atomic mass is 19.3. The number of alkyl halides is 2. The Morgan fingerprint density at radius 2 is 1.89 bits per heavy atom. The number of amides is 2. The highest BCUT2D eigenvalue weighted by molar-refractivity contribution is 5.94. The van der Waals surface area contributed by atoms with Crippen LogP contribution in [0.1, 0.15) is 50.0 Å². The Balaban J connectivity index is 1.94. The van der Waals surface area contributed by atoms with E-state index in [0.717, 1.165) is 12.1 Å². The van der Waals surface area contributed by atoms with Crippen LogP contribution in [0.3, 0.4) is 0 Å². The molecule has 2 aromatic rings. The van der Waals surface area contributed by atoms with Gasteiger partial charge in [-0.3, -0.25) is 9.69 Å². The van der Waals surface area contributed by atoms with Crippen molar-refractivity contribution in [3.05, 3.63) is 36.7 Å². The fourth-order valence-electron chi connectivity index (χ4n) is 3.40. The number of piperazine rings is 1. The SMILES string of the molecule is [CH2]N1CCN(C(=O)c2nc(-c3ccc(OC(F)F)c(O)c3)oc2[C@H](C)NC(=O)OC(C)(C)C)CC1. The first-order valence-corrected chi connectivity index (χ1v) is 11.0. The summed E-state index contributed by atoms with van der Waals surface area (Å²) in [7, 11) is 3.87. The topological polar surface area (TPSA) is 117 Å². The third kappa shape index (κ3) is 6.81. The fourth-order valence-corrected chi connectivity index (χ4v) is 3.40. The average molecular weight is 496 g/mol. The summed E-state index contributed by atoms with van der Waals surface area (Å²) in [6, 6.07) is 2.83. The van der Waals surface area contributed by atoms with Gasteiger partial charge in [0, 0.05) is 38.8 Å². The first-order chi connectivity index (χ1) is 16.3. The molecule has 2 amide bonds. The van der Waals surface area contributed by atoms with Crippen LogP contribution in [0.5, 0.6) is 11.5 Å². The number of aromatic hydroxyl groups is 1. The third-order valence-electron chi connectivity index (χ3n) is 5.06. The van der Waals surface area contributed by atoms with E-state index >= 15 is 0 Å². The number of phenols is 1. The molecule has 2 heterocycles. The van der Waals surface area contributed by atoms with Gasteiger partial charge in [0.2, 0.25) is 5.89 Å². The van der Waals surface area contributed by atoms with Crippen molar-refractivity contribution in [2.45, 2.75) is 45.9 Å². The van der Waals surface area contributed by atoms with Gasteiger partial charge in [-0.25, -0.2) is 9.78 Å². The molecule has 0 unspecified atom stereocenters. The molecule has 0 aliphatic carbocycles. The van der Waals surface area contributed by atoms with Crippen molar-refractivity contribution in [1.82, 2.24) is 20.1 Å². The molecule has 191 valence electrons. The number of carbonyl (C=O) groups is 2. The van der Waals surface area contributed by atoms with E-state index in [2.05, 4.69) is 22.1 Å². The summed E-state index contributed by atoms with van der Waals surface area (Å²) in [6.45, 7) is 5.67. The molecule has 0 bridgehead atoms. The molecule has 2 N–H and O–H groups in total. The van der Waals surface area contributed by atoms with E-state index in [1.807, 2.05) is 4.90 Å². The van der Waals surface area contributed by atoms with E-state index in [-0.39, 0.29) is 22.9 Å². The number of halogens is 2. The van der Waals surface area contributed by atoms with Crippen LogP contribution in [0, 0.1) is 7.05 Å². The van der Waals surface area contributed by atoms with Gasteiger partial charge < -0.3 is 29.2 Å². The van der Waals surface area contributed by atoms with E-state index < -0.39 is 41.8 Å². The van der Waals surface area contributed by atoms with E-state index in [4.69, 9.17) is 9.15 Å². The number of nitrogens with one attached hydrogen (secondary N) is 1. The van der Waals surface area contributed by atoms with Gasteiger partial charge in [0.15, 0.2) is 23.0 Å². The Hall–Kier alpha value is -3.41. The number of ether oxygens (including phenoxy) is 2. The van der Waals surface area contributed by atoms with Crippen molar-refractivity contribution in [2.24, 2.45) is 0 Å². The number of phenolic OH excluding ortho intramolecular Hbond substituents is 1. The second kappa shape index (κ2) is 10.5. The summed E-state index contributed by atoms with van der Waals surface area (Å²) in [4.78, 5) is 33.4. The molecule has 10 nitrogen and oxygen atoms in total. The zero-order valence-corrected chi connectivity index (χ0v) is 20.0. The average Bonchev–Trinajstić information content (AvgIpc) is 3.19. The standard InChI is InChI=1S/C23H29F2N4O6/c1-13(26-22(32)35-23(2,3)4)18-17(20(31)29-10-8-28(5)9-11-29)27-19(34-18)14-6-7-16(15(30)12-14)33-21(24)25/h6-7,12-13,21,30H,5,8-11H2,1-4H3,(H,26,32)/t13-/m0/s1. The van der Waals surface area contributed by atoms with Gasteiger partial charge in [-0.1, -0.05) is 0 Å². The fraction of sp³-hybridized carbons (Fsp3) is 0.478. The number of hydrogen-bond donors (Lipinski definition) is 2. The summed E-state index contributed by atoms with van der Waals surface area (Å²) in [6.07, 6.45) is -0.710. The summed E-state index contributed by atoms with van der Waals surface area (Å²) < 4.78 is 40.4. The van der Waals surface area contributed by atoms with Gasteiger partial charge >= 0.3 is 12.7 Å². The lowest BCUT2D eigenvalue weighted by Crippen LogP contribution is -2.46. The maximum absolute atomic E-state index is 13.3. The Labute approximate surface area is 201 Å². The van der Waals surface area contributed by atoms with Gasteiger partial charge in [-0.2, -0.15) is 8.78 Å². The normalized spacial score (nSPS) is 15.7. The lowest BCUT2D eigenvalue weighted by Gasteiger charge is -2.32. The number of alkyl carbamates (subject to hydrolysis) is 1. The zero-order chi connectivity index (χ0) is 25.9. The molecule has 0 spiro atoms. The first-order valence-electron chi connectivity index (χ1n) is 11.0. The molecular formula is C23H29F2N4O6. The van der Waals surface area contributed by atoms with Crippen molar-refractivity contribution < 1.29 is 37.4 Å². The van der Waals surface area contributed by atoms with E-state index in [1.54, 1.807) is 32.6 Å². The minimum Gasteiger partial charge on any atom is -0.504 e. The highest BCUT2D eigenvalue weighted by Gasteiger charge is 2.31. The van der Waals surface area contributed by atoms with Crippen LogP contribution in [0.2, 0.25) is 0 Å². The van der Waals surface area contributed by atoms with Crippen LogP contribution in [0.4, 0.5) is 13.6 Å². The summed E-state index contributed by atoms with van der Waals surface area (Å²) in [5, 5.41) is 12.7. The number of carbonyl (C=O) groups excluding carboxylic acids is 2. The molecule has 1 aromatic heterocycles. The number of rotatable bonds is 6. The molecule has 0 saturated carbocycles. The van der Waals surface area contributed by atoms with E-state index in [9.17, 15) is 23.5 Å². The molecule has 1 atom stereocenters. The zero-order valence-electron chi connectivity index (χ0n) is 20.0. The molecule has 12 heteroatoms. The molecular weight excluding hydrogens is 466 g/mol. The monoisotopic (exact) mass is 495 g/mol. The minimum absolute atomic E-state index is 0.0199. The third-order valence-corrected chi connectivity index (χ3v) is 5.06. The van der Waals surface area contributed by atoms with Gasteiger partial charge in [-0.15, -0.1) is 0 Å². The second-order valence-corrected chi connectivity index (χ2v) is 9.07. The van der Waals surface area contributed by atoms with E-state index in [1.165, 1.54) is 6.07 Å². The molecule has 1 aliphatic heterocycles. The number of benzene rings is 1. The van der Waals surface area contributed by atoms with Crippen molar-refractivity contribution in [3.8, 4) is 23.0 Å². The van der Waals surface area contributed by atoms with Crippen molar-refractivity contribution in [3.63, 3.8) is 0 Å². The minimum atomic E-state index is -3.11. The maximum atomic E-state index is 13.3. The van der Waals surface area contributed by atoms with Crippen LogP contribution in [0.15, 0.2) is 22.6 Å². The lowest BCUT2D eigenvalue weighted by atomic mass is 10.1. The molecule has 1 fully saturated rings. The second-order valence-electron chi connectivity index (χ2n) is 9.07. The smallest absolute Gasteiger partial charge is 0.408 e. The largest absolute Gasteiger partial charge is 0.504 e. The number of aromatic nitrogens is 1. The molecule has 1 radical (unpaired) electrons. The van der Waals surface area contributed by atoms with Gasteiger partial charge in [-0.05, 0) is 45.9 Å². The molecule has 3 rings (SSSR count). The van der Waals surface area contributed by atoms with Crippen molar-refractivity contribution >= 4 is 12.0 Å². The van der Waals surface area contributed by atoms with Crippen LogP contribution in [-0.4, -0.2) is 70.3 Å². The molecule has 35 heavy (non-hydrogen) atoms. The summed E-state index contributed by atoms with van der Waals surface area (Å²) in [5.41, 5.74) is -0.535. The van der Waals surface area contributed by atoms with Gasteiger partial charge in [0.05, 0.1) is 6.04 Å². The Kier molecular flexibility index (Phi) is 7.83. The summed E-state index contributed by atoms with van der Waals surface area (Å²) >= 11 is 0. The van der Waals surface area contributed by atoms with Gasteiger partial charge in [0.1, 0.15) is 5.60 Å². The first kappa shape index (κ1) is 26.2. The molecule has 1 aromatic carbocycles. The number of nitrogens with zero attached hydrogens (tertiary/aromatic N) is 3. The quantitative estimate of drug-likeness (QED) is 0.622. The lowest BCUT2D eigenvalue weighted by molar-refractivity contribution is -0.0512. The van der Waals surface area contributed by atoms with Crippen LogP contribution >= 0.6 is 0 Å². The van der Waals surface area contributed by atoms with Crippen molar-refractivity contribution in [1.29, 1.82) is 0 Å². The highest BCUT2D eigenvalue weighted by Crippen LogP contribution is 2.34. The Morgan fingerprint density at radius 1 is 1.23 bits per heavy atom. The predicted octanol–water partition coefficient (Wildman–Crippen LogP) is 3.78.